The summed E-state index contributed by atoms with van der Waals surface area (Å²) in [4.78, 5) is 7.62. The molecule has 2 unspecified atom stereocenters. The summed E-state index contributed by atoms with van der Waals surface area (Å²) in [5.41, 5.74) is 0.883. The predicted octanol–water partition coefficient (Wildman–Crippen LogP) is 2.80. The summed E-state index contributed by atoms with van der Waals surface area (Å²) in [6.45, 7) is 9.55. The minimum Gasteiger partial charge on any atom is -0.359 e. The Morgan fingerprint density at radius 3 is 2.74 bits per heavy atom. The van der Waals surface area contributed by atoms with E-state index >= 15 is 0 Å². The van der Waals surface area contributed by atoms with E-state index < -0.39 is 0 Å². The van der Waals surface area contributed by atoms with Crippen molar-refractivity contribution >= 4 is 0 Å². The molecule has 0 aliphatic heterocycles. The highest BCUT2D eigenvalue weighted by Gasteiger charge is 2.28. The molecule has 0 saturated carbocycles. The first-order valence-corrected chi connectivity index (χ1v) is 6.84. The molecule has 0 fully saturated rings. The lowest BCUT2D eigenvalue weighted by Crippen LogP contribution is -2.34. The third-order valence-corrected chi connectivity index (χ3v) is 3.35. The van der Waals surface area contributed by atoms with Crippen LogP contribution in [0.4, 0.5) is 0 Å². The van der Waals surface area contributed by atoms with Crippen LogP contribution in [0, 0.1) is 5.92 Å². The Morgan fingerprint density at radius 1 is 1.37 bits per heavy atom. The molecule has 2 aromatic rings. The lowest BCUT2D eigenvalue weighted by atomic mass is 9.89. The molecule has 104 valence electrons. The first kappa shape index (κ1) is 13.8. The topological polar surface area (TPSA) is 66.7 Å². The van der Waals surface area contributed by atoms with Crippen LogP contribution < -0.4 is 5.32 Å². The molecule has 0 aliphatic carbocycles. The van der Waals surface area contributed by atoms with E-state index in [1.54, 1.807) is 0 Å². The highest BCUT2D eigenvalue weighted by Crippen LogP contribution is 2.28. The van der Waals surface area contributed by atoms with Crippen LogP contribution in [0.15, 0.2) is 22.9 Å². The van der Waals surface area contributed by atoms with Crippen molar-refractivity contribution in [1.82, 2.24) is 20.4 Å². The summed E-state index contributed by atoms with van der Waals surface area (Å²) in [5, 5.41) is 7.49. The minimum atomic E-state index is 0.219. The van der Waals surface area contributed by atoms with Gasteiger partial charge in [-0.15, -0.1) is 0 Å². The first-order chi connectivity index (χ1) is 9.13. The molecule has 0 radical (unpaired) electrons. The molecule has 19 heavy (non-hydrogen) atoms. The molecule has 0 spiro atoms. The lowest BCUT2D eigenvalue weighted by molar-refractivity contribution is 0.281. The van der Waals surface area contributed by atoms with Gasteiger partial charge < -0.3 is 14.8 Å². The molecule has 0 bridgehead atoms. The molecule has 2 aromatic heterocycles. The van der Waals surface area contributed by atoms with E-state index in [0.717, 1.165) is 12.2 Å². The molecule has 0 aliphatic rings. The number of H-pyrrole nitrogens is 1. The van der Waals surface area contributed by atoms with E-state index in [0.29, 0.717) is 23.7 Å². The molecule has 2 N–H and O–H groups in total. The maximum absolute atomic E-state index is 5.46. The standard InChI is InChI=1S/C14H22N4O/c1-5-15-10(4)12(9(2)3)14-17-13(18-19-14)11-7-6-8-16-11/h6-10,12,15-16H,5H2,1-4H3. The second-order valence-electron chi connectivity index (χ2n) is 5.16. The van der Waals surface area contributed by atoms with E-state index in [2.05, 4.69) is 48.1 Å². The van der Waals surface area contributed by atoms with Crippen molar-refractivity contribution in [2.75, 3.05) is 6.54 Å². The number of aromatic amines is 1. The monoisotopic (exact) mass is 262 g/mol. The van der Waals surface area contributed by atoms with Gasteiger partial charge in [-0.2, -0.15) is 4.98 Å². The van der Waals surface area contributed by atoms with Crippen LogP contribution >= 0.6 is 0 Å². The van der Waals surface area contributed by atoms with Gasteiger partial charge in [0.05, 0.1) is 11.6 Å². The van der Waals surface area contributed by atoms with Gasteiger partial charge in [0, 0.05) is 12.2 Å². The number of nitrogens with zero attached hydrogens (tertiary/aromatic N) is 2. The van der Waals surface area contributed by atoms with E-state index in [4.69, 9.17) is 4.52 Å². The van der Waals surface area contributed by atoms with Crippen LogP contribution in [0.25, 0.3) is 11.5 Å². The molecule has 2 heterocycles. The van der Waals surface area contributed by atoms with Crippen LogP contribution in [0.3, 0.4) is 0 Å². The van der Waals surface area contributed by atoms with Crippen molar-refractivity contribution in [3.63, 3.8) is 0 Å². The Morgan fingerprint density at radius 2 is 2.16 bits per heavy atom. The zero-order valence-electron chi connectivity index (χ0n) is 12.0. The number of aromatic nitrogens is 3. The SMILES string of the molecule is CCNC(C)C(c1nc(-c2ccc[nH]2)no1)C(C)C. The van der Waals surface area contributed by atoms with Crippen molar-refractivity contribution in [2.24, 2.45) is 5.92 Å². The van der Waals surface area contributed by atoms with Crippen molar-refractivity contribution in [3.8, 4) is 11.5 Å². The molecule has 0 aromatic carbocycles. The molecule has 2 rings (SSSR count). The molecule has 5 nitrogen and oxygen atoms in total. The van der Waals surface area contributed by atoms with Gasteiger partial charge in [-0.05, 0) is 31.5 Å². The Labute approximate surface area is 113 Å². The van der Waals surface area contributed by atoms with Crippen LogP contribution in [0.5, 0.6) is 0 Å². The van der Waals surface area contributed by atoms with E-state index in [1.807, 2.05) is 18.3 Å². The number of hydrogen-bond donors (Lipinski definition) is 2. The quantitative estimate of drug-likeness (QED) is 0.840. The van der Waals surface area contributed by atoms with Gasteiger partial charge in [0.2, 0.25) is 11.7 Å². The Hall–Kier alpha value is -1.62. The second kappa shape index (κ2) is 6.02. The van der Waals surface area contributed by atoms with Crippen molar-refractivity contribution in [1.29, 1.82) is 0 Å². The van der Waals surface area contributed by atoms with Crippen molar-refractivity contribution < 1.29 is 4.52 Å². The van der Waals surface area contributed by atoms with Gasteiger partial charge in [0.25, 0.3) is 0 Å². The fourth-order valence-electron chi connectivity index (χ4n) is 2.47. The van der Waals surface area contributed by atoms with Crippen LogP contribution in [0.2, 0.25) is 0 Å². The summed E-state index contributed by atoms with van der Waals surface area (Å²) >= 11 is 0. The largest absolute Gasteiger partial charge is 0.359 e. The van der Waals surface area contributed by atoms with Crippen molar-refractivity contribution in [3.05, 3.63) is 24.2 Å². The maximum Gasteiger partial charge on any atom is 0.231 e. The maximum atomic E-state index is 5.46. The highest BCUT2D eigenvalue weighted by molar-refractivity contribution is 5.47. The third-order valence-electron chi connectivity index (χ3n) is 3.35. The third kappa shape index (κ3) is 3.04. The Bertz CT molecular complexity index is 489. The highest BCUT2D eigenvalue weighted by atomic mass is 16.5. The van der Waals surface area contributed by atoms with E-state index in [9.17, 15) is 0 Å². The normalized spacial score (nSPS) is 14.8. The summed E-state index contributed by atoms with van der Waals surface area (Å²) in [5.74, 6) is 1.98. The first-order valence-electron chi connectivity index (χ1n) is 6.84. The fraction of sp³-hybridized carbons (Fsp3) is 0.571. The van der Waals surface area contributed by atoms with E-state index in [1.165, 1.54) is 0 Å². The van der Waals surface area contributed by atoms with Gasteiger partial charge in [0.1, 0.15) is 0 Å². The Balaban J connectivity index is 2.23. The van der Waals surface area contributed by atoms with Crippen molar-refractivity contribution in [2.45, 2.75) is 39.7 Å². The summed E-state index contributed by atoms with van der Waals surface area (Å²) < 4.78 is 5.46. The van der Waals surface area contributed by atoms with Gasteiger partial charge in [-0.25, -0.2) is 0 Å². The van der Waals surface area contributed by atoms with Gasteiger partial charge in [-0.3, -0.25) is 0 Å². The fourth-order valence-corrected chi connectivity index (χ4v) is 2.47. The lowest BCUT2D eigenvalue weighted by Gasteiger charge is -2.24. The van der Waals surface area contributed by atoms with Crippen LogP contribution in [0.1, 0.15) is 39.5 Å². The van der Waals surface area contributed by atoms with Gasteiger partial charge in [0.15, 0.2) is 0 Å². The van der Waals surface area contributed by atoms with Gasteiger partial charge >= 0.3 is 0 Å². The van der Waals surface area contributed by atoms with E-state index in [-0.39, 0.29) is 5.92 Å². The minimum absolute atomic E-state index is 0.219. The average molecular weight is 262 g/mol. The average Bonchev–Trinajstić information content (AvgIpc) is 2.98. The van der Waals surface area contributed by atoms with Crippen LogP contribution in [-0.4, -0.2) is 27.7 Å². The summed E-state index contributed by atoms with van der Waals surface area (Å²) in [7, 11) is 0. The number of likely N-dealkylation sites (N-methyl/N-ethyl adjacent to an activating group) is 1. The predicted molar refractivity (Wildman–Crippen MR) is 74.8 cm³/mol. The Kier molecular flexibility index (Phi) is 4.37. The number of hydrogen-bond acceptors (Lipinski definition) is 4. The zero-order chi connectivity index (χ0) is 13.8. The molecular weight excluding hydrogens is 240 g/mol. The number of rotatable bonds is 6. The second-order valence-corrected chi connectivity index (χ2v) is 5.16. The number of nitrogens with one attached hydrogen (secondary N) is 2. The smallest absolute Gasteiger partial charge is 0.231 e. The molecule has 5 heteroatoms. The van der Waals surface area contributed by atoms with Crippen LogP contribution in [-0.2, 0) is 0 Å². The molecule has 0 amide bonds. The summed E-state index contributed by atoms with van der Waals surface area (Å²) in [6.07, 6.45) is 1.85. The molecular formula is C14H22N4O. The zero-order valence-corrected chi connectivity index (χ0v) is 12.0. The molecule has 2 atom stereocenters. The summed E-state index contributed by atoms with van der Waals surface area (Å²) in [6, 6.07) is 4.17. The van der Waals surface area contributed by atoms with Gasteiger partial charge in [-0.1, -0.05) is 25.9 Å². The molecule has 0 saturated heterocycles.